The second kappa shape index (κ2) is 7.04. The van der Waals surface area contributed by atoms with Crippen molar-refractivity contribution in [2.75, 3.05) is 31.6 Å². The number of nitrogens with zero attached hydrogens (tertiary/aromatic N) is 5. The summed E-state index contributed by atoms with van der Waals surface area (Å²) >= 11 is 0. The van der Waals surface area contributed by atoms with Crippen LogP contribution >= 0.6 is 0 Å². The smallest absolute Gasteiger partial charge is 0.161 e. The Balaban J connectivity index is 1.88. The Hall–Kier alpha value is -2.01. The third kappa shape index (κ3) is 3.50. The Morgan fingerprint density at radius 3 is 2.70 bits per heavy atom. The summed E-state index contributed by atoms with van der Waals surface area (Å²) in [5, 5.41) is 0. The number of pyridine rings is 1. The summed E-state index contributed by atoms with van der Waals surface area (Å²) in [7, 11) is 2.20. The maximum Gasteiger partial charge on any atom is 0.161 e. The molecule has 3 heterocycles. The molecule has 0 amide bonds. The summed E-state index contributed by atoms with van der Waals surface area (Å²) < 4.78 is 0. The highest BCUT2D eigenvalue weighted by Gasteiger charge is 2.26. The Morgan fingerprint density at radius 1 is 1.22 bits per heavy atom. The van der Waals surface area contributed by atoms with Gasteiger partial charge in [0.05, 0.1) is 0 Å². The minimum absolute atomic E-state index is 0.615. The van der Waals surface area contributed by atoms with Crippen molar-refractivity contribution in [3.05, 3.63) is 36.3 Å². The predicted molar refractivity (Wildman–Crippen MR) is 93.6 cm³/mol. The van der Waals surface area contributed by atoms with Crippen LogP contribution in [-0.4, -0.2) is 52.6 Å². The number of likely N-dealkylation sites (N-methyl/N-ethyl adjacent to an activating group) is 1. The van der Waals surface area contributed by atoms with Crippen LogP contribution in [0.1, 0.15) is 26.0 Å². The zero-order valence-corrected chi connectivity index (χ0v) is 14.2. The van der Waals surface area contributed by atoms with Gasteiger partial charge in [-0.15, -0.1) is 0 Å². The van der Waals surface area contributed by atoms with Crippen LogP contribution < -0.4 is 4.90 Å². The Morgan fingerprint density at radius 2 is 2.00 bits per heavy atom. The molecule has 122 valence electrons. The lowest BCUT2D eigenvalue weighted by molar-refractivity contribution is 0.272. The average molecular weight is 311 g/mol. The first-order valence-electron chi connectivity index (χ1n) is 8.44. The van der Waals surface area contributed by atoms with Gasteiger partial charge in [0.2, 0.25) is 0 Å². The van der Waals surface area contributed by atoms with Gasteiger partial charge in [0.1, 0.15) is 5.82 Å². The lowest BCUT2D eigenvalue weighted by atomic mass is 10.2. The van der Waals surface area contributed by atoms with E-state index in [2.05, 4.69) is 46.7 Å². The predicted octanol–water partition coefficient (Wildman–Crippen LogP) is 2.63. The van der Waals surface area contributed by atoms with Crippen molar-refractivity contribution in [2.45, 2.75) is 32.7 Å². The van der Waals surface area contributed by atoms with E-state index in [1.165, 1.54) is 6.42 Å². The van der Waals surface area contributed by atoms with Gasteiger partial charge >= 0.3 is 0 Å². The molecule has 1 atom stereocenters. The van der Waals surface area contributed by atoms with Gasteiger partial charge in [-0.3, -0.25) is 4.98 Å². The Kier molecular flexibility index (Phi) is 4.86. The van der Waals surface area contributed by atoms with E-state index in [0.717, 1.165) is 49.0 Å². The van der Waals surface area contributed by atoms with Gasteiger partial charge in [-0.25, -0.2) is 9.97 Å². The van der Waals surface area contributed by atoms with Gasteiger partial charge in [-0.05, 0) is 38.6 Å². The van der Waals surface area contributed by atoms with Crippen LogP contribution in [0.25, 0.3) is 11.4 Å². The van der Waals surface area contributed by atoms with Crippen LogP contribution in [0.15, 0.2) is 30.6 Å². The van der Waals surface area contributed by atoms with Gasteiger partial charge in [0, 0.05) is 48.8 Å². The zero-order valence-electron chi connectivity index (χ0n) is 14.2. The largest absolute Gasteiger partial charge is 0.355 e. The molecular weight excluding hydrogens is 286 g/mol. The van der Waals surface area contributed by atoms with Crippen LogP contribution in [-0.2, 0) is 6.42 Å². The standard InChI is InChI=1S/C18H25N5/c1-4-15-12-17(23-11-8-16(13-23)22(3)5-2)21-18(20-15)14-6-9-19-10-7-14/h6-7,9-10,12,16H,4-5,8,11,13H2,1-3H3. The van der Waals surface area contributed by atoms with Crippen molar-refractivity contribution in [3.63, 3.8) is 0 Å². The molecule has 2 aromatic rings. The van der Waals surface area contributed by atoms with E-state index < -0.39 is 0 Å². The van der Waals surface area contributed by atoms with Crippen molar-refractivity contribution >= 4 is 5.82 Å². The topological polar surface area (TPSA) is 45.2 Å². The fourth-order valence-corrected chi connectivity index (χ4v) is 3.02. The number of aromatic nitrogens is 3. The second-order valence-corrected chi connectivity index (χ2v) is 6.09. The molecule has 0 bridgehead atoms. The maximum atomic E-state index is 4.82. The molecule has 1 aliphatic rings. The van der Waals surface area contributed by atoms with E-state index in [1.54, 1.807) is 12.4 Å². The van der Waals surface area contributed by atoms with E-state index in [-0.39, 0.29) is 0 Å². The highest BCUT2D eigenvalue weighted by molar-refractivity contribution is 5.57. The Labute approximate surface area is 138 Å². The number of rotatable bonds is 5. The molecule has 1 unspecified atom stereocenters. The first-order valence-corrected chi connectivity index (χ1v) is 8.44. The number of aryl methyl sites for hydroxylation is 1. The molecule has 0 radical (unpaired) electrons. The van der Waals surface area contributed by atoms with Crippen molar-refractivity contribution in [2.24, 2.45) is 0 Å². The molecule has 1 saturated heterocycles. The molecule has 0 N–H and O–H groups in total. The minimum Gasteiger partial charge on any atom is -0.355 e. The molecular formula is C18H25N5. The number of hydrogen-bond acceptors (Lipinski definition) is 5. The van der Waals surface area contributed by atoms with Gasteiger partial charge in [0.25, 0.3) is 0 Å². The van der Waals surface area contributed by atoms with Gasteiger partial charge in [0.15, 0.2) is 5.82 Å². The van der Waals surface area contributed by atoms with Crippen LogP contribution in [0.3, 0.4) is 0 Å². The average Bonchev–Trinajstić information content (AvgIpc) is 3.11. The summed E-state index contributed by atoms with van der Waals surface area (Å²) in [6, 6.07) is 6.69. The van der Waals surface area contributed by atoms with Crippen molar-refractivity contribution in [1.29, 1.82) is 0 Å². The Bertz CT molecular complexity index is 643. The number of hydrogen-bond donors (Lipinski definition) is 0. The van der Waals surface area contributed by atoms with E-state index in [9.17, 15) is 0 Å². The van der Waals surface area contributed by atoms with E-state index >= 15 is 0 Å². The summed E-state index contributed by atoms with van der Waals surface area (Å²) in [5.41, 5.74) is 2.12. The fraction of sp³-hybridized carbons (Fsp3) is 0.500. The monoisotopic (exact) mass is 311 g/mol. The molecule has 1 aliphatic heterocycles. The first-order chi connectivity index (χ1) is 11.2. The number of anilines is 1. The maximum absolute atomic E-state index is 4.82. The third-order valence-corrected chi connectivity index (χ3v) is 4.68. The molecule has 23 heavy (non-hydrogen) atoms. The highest BCUT2D eigenvalue weighted by atomic mass is 15.3. The summed E-state index contributed by atoms with van der Waals surface area (Å²) in [6.45, 7) is 7.54. The molecule has 0 saturated carbocycles. The fourth-order valence-electron chi connectivity index (χ4n) is 3.02. The molecule has 5 heteroatoms. The molecule has 5 nitrogen and oxygen atoms in total. The lowest BCUT2D eigenvalue weighted by Crippen LogP contribution is -2.34. The summed E-state index contributed by atoms with van der Waals surface area (Å²) in [5.74, 6) is 1.85. The molecule has 0 aromatic carbocycles. The van der Waals surface area contributed by atoms with Gasteiger partial charge in [-0.1, -0.05) is 13.8 Å². The summed E-state index contributed by atoms with van der Waals surface area (Å²) in [4.78, 5) is 18.4. The van der Waals surface area contributed by atoms with Crippen LogP contribution in [0, 0.1) is 0 Å². The van der Waals surface area contributed by atoms with E-state index in [4.69, 9.17) is 4.98 Å². The minimum atomic E-state index is 0.615. The zero-order chi connectivity index (χ0) is 16.2. The second-order valence-electron chi connectivity index (χ2n) is 6.09. The normalized spacial score (nSPS) is 17.9. The van der Waals surface area contributed by atoms with Gasteiger partial charge in [-0.2, -0.15) is 0 Å². The quantitative estimate of drug-likeness (QED) is 0.849. The highest BCUT2D eigenvalue weighted by Crippen LogP contribution is 2.24. The lowest BCUT2D eigenvalue weighted by Gasteiger charge is -2.23. The van der Waals surface area contributed by atoms with Crippen LogP contribution in [0.4, 0.5) is 5.82 Å². The molecule has 3 rings (SSSR count). The molecule has 2 aromatic heterocycles. The van der Waals surface area contributed by atoms with E-state index in [0.29, 0.717) is 6.04 Å². The van der Waals surface area contributed by atoms with Crippen LogP contribution in [0.5, 0.6) is 0 Å². The van der Waals surface area contributed by atoms with Crippen molar-refractivity contribution in [1.82, 2.24) is 19.9 Å². The van der Waals surface area contributed by atoms with Gasteiger partial charge < -0.3 is 9.80 Å². The molecule has 1 fully saturated rings. The van der Waals surface area contributed by atoms with Crippen molar-refractivity contribution < 1.29 is 0 Å². The molecule has 0 aliphatic carbocycles. The van der Waals surface area contributed by atoms with Crippen LogP contribution in [0.2, 0.25) is 0 Å². The third-order valence-electron chi connectivity index (χ3n) is 4.68. The van der Waals surface area contributed by atoms with Crippen molar-refractivity contribution in [3.8, 4) is 11.4 Å². The SMILES string of the molecule is CCc1cc(N2CCC(N(C)CC)C2)nc(-c2ccncc2)n1. The molecule has 0 spiro atoms. The first kappa shape index (κ1) is 15.9. The summed E-state index contributed by atoms with van der Waals surface area (Å²) in [6.07, 6.45) is 5.69. The van der Waals surface area contributed by atoms with E-state index in [1.807, 2.05) is 12.1 Å².